The van der Waals surface area contributed by atoms with Crippen molar-refractivity contribution in [2.45, 2.75) is 76.6 Å². The maximum absolute atomic E-state index is 13.5. The van der Waals surface area contributed by atoms with Gasteiger partial charge in [0.05, 0.1) is 35.5 Å². The second-order valence-electron chi connectivity index (χ2n) is 16.4. The Kier molecular flexibility index (Phi) is 11.4. The lowest BCUT2D eigenvalue weighted by Gasteiger charge is -2.38. The van der Waals surface area contributed by atoms with Crippen LogP contribution in [0.25, 0.3) is 10.9 Å². The number of fused-ring (bicyclic) bond motifs is 2. The maximum Gasteiger partial charge on any atom is 0.433 e. The van der Waals surface area contributed by atoms with Crippen molar-refractivity contribution in [2.75, 3.05) is 43.9 Å². The van der Waals surface area contributed by atoms with Gasteiger partial charge in [0.25, 0.3) is 17.7 Å². The smallest absolute Gasteiger partial charge is 0.433 e. The third kappa shape index (κ3) is 8.31. The standard InChI is InChI=1S/C43H47F3N8O6/c1-24(21-47-30-6-3-5-29-38(30)42(59)54(41(29)58)34-13-14-37(55)50-40(34)57)26-15-17-52(18-16-26)22-25-9-11-28(12-10-25)53-23-27-19-33(35(60-2)20-32(27)51-53)49-39(56)31-7-4-8-36(48-31)43(44,45)46/h3-8,19-20,23-26,28,34,47H,9-18,21-22H2,1-2H3,(H,49,56)(H,50,55,57)/t24-,25-,28-,34?/m1/s1. The van der Waals surface area contributed by atoms with Gasteiger partial charge in [-0.1, -0.05) is 19.1 Å². The summed E-state index contributed by atoms with van der Waals surface area (Å²) in [6, 6.07) is 11.0. The molecule has 2 aromatic heterocycles. The number of carbonyl (C=O) groups excluding carboxylic acids is 5. The van der Waals surface area contributed by atoms with Gasteiger partial charge in [0, 0.05) is 42.8 Å². The van der Waals surface area contributed by atoms with Crippen LogP contribution < -0.4 is 20.7 Å². The Balaban J connectivity index is 0.806. The predicted octanol–water partition coefficient (Wildman–Crippen LogP) is 6.30. The van der Waals surface area contributed by atoms with E-state index >= 15 is 0 Å². The minimum atomic E-state index is -4.67. The number of alkyl halides is 3. The molecule has 1 saturated carbocycles. The molecule has 17 heteroatoms. The van der Waals surface area contributed by atoms with Crippen LogP contribution in [-0.4, -0.2) is 93.4 Å². The number of nitrogens with one attached hydrogen (secondary N) is 3. The highest BCUT2D eigenvalue weighted by molar-refractivity contribution is 6.25. The largest absolute Gasteiger partial charge is 0.494 e. The molecular formula is C43H47F3N8O6. The Morgan fingerprint density at radius 2 is 1.70 bits per heavy atom. The number of piperidine rings is 2. The molecule has 0 radical (unpaired) electrons. The zero-order valence-electron chi connectivity index (χ0n) is 33.4. The number of likely N-dealkylation sites (tertiary alicyclic amines) is 1. The third-order valence-electron chi connectivity index (χ3n) is 12.6. The molecule has 4 aromatic rings. The van der Waals surface area contributed by atoms with Gasteiger partial charge in [-0.15, -0.1) is 0 Å². The second-order valence-corrected chi connectivity index (χ2v) is 16.4. The second kappa shape index (κ2) is 16.7. The summed E-state index contributed by atoms with van der Waals surface area (Å²) in [5, 5.41) is 13.9. The van der Waals surface area contributed by atoms with Gasteiger partial charge >= 0.3 is 6.18 Å². The molecule has 5 heterocycles. The van der Waals surface area contributed by atoms with Crippen molar-refractivity contribution in [1.29, 1.82) is 0 Å². The van der Waals surface area contributed by atoms with Crippen LogP contribution in [0, 0.1) is 17.8 Å². The summed E-state index contributed by atoms with van der Waals surface area (Å²) in [6.07, 6.45) is 3.67. The molecule has 3 N–H and O–H groups in total. The number of benzene rings is 2. The van der Waals surface area contributed by atoms with E-state index in [0.29, 0.717) is 46.9 Å². The number of amides is 5. The number of aromatic nitrogens is 3. The predicted molar refractivity (Wildman–Crippen MR) is 214 cm³/mol. The number of imide groups is 2. The van der Waals surface area contributed by atoms with Gasteiger partial charge < -0.3 is 20.3 Å². The summed E-state index contributed by atoms with van der Waals surface area (Å²) in [5.74, 6) is -1.12. The van der Waals surface area contributed by atoms with Gasteiger partial charge in [0.15, 0.2) is 0 Å². The van der Waals surface area contributed by atoms with Crippen LogP contribution in [0.15, 0.2) is 54.7 Å². The van der Waals surface area contributed by atoms with E-state index in [-0.39, 0.29) is 35.7 Å². The highest BCUT2D eigenvalue weighted by Gasteiger charge is 2.45. The number of methoxy groups -OCH3 is 1. The zero-order valence-corrected chi connectivity index (χ0v) is 33.4. The van der Waals surface area contributed by atoms with Crippen LogP contribution in [0.1, 0.15) is 101 Å². The average Bonchev–Trinajstić information content (AvgIpc) is 3.77. The Hall–Kier alpha value is -5.84. The van der Waals surface area contributed by atoms with E-state index in [1.54, 1.807) is 30.3 Å². The number of hydrogen-bond donors (Lipinski definition) is 3. The quantitative estimate of drug-likeness (QED) is 0.146. The monoisotopic (exact) mass is 828 g/mol. The number of halogens is 3. The molecule has 0 spiro atoms. The van der Waals surface area contributed by atoms with Gasteiger partial charge in [-0.3, -0.25) is 38.9 Å². The van der Waals surface area contributed by atoms with Crippen LogP contribution in [-0.2, 0) is 15.8 Å². The summed E-state index contributed by atoms with van der Waals surface area (Å²) in [6.45, 7) is 5.92. The van der Waals surface area contributed by atoms with Crippen molar-refractivity contribution < 1.29 is 41.9 Å². The van der Waals surface area contributed by atoms with E-state index in [4.69, 9.17) is 9.84 Å². The minimum absolute atomic E-state index is 0.0710. The topological polar surface area (TPSA) is 168 Å². The van der Waals surface area contributed by atoms with Crippen LogP contribution in [0.3, 0.4) is 0 Å². The third-order valence-corrected chi connectivity index (χ3v) is 12.6. The lowest BCUT2D eigenvalue weighted by molar-refractivity contribution is -0.141. The van der Waals surface area contributed by atoms with Crippen LogP contribution in [0.5, 0.6) is 5.75 Å². The molecule has 8 rings (SSSR count). The molecule has 2 saturated heterocycles. The van der Waals surface area contributed by atoms with Crippen LogP contribution in [0.2, 0.25) is 0 Å². The number of pyridine rings is 1. The first-order chi connectivity index (χ1) is 28.8. The van der Waals surface area contributed by atoms with Crippen LogP contribution in [0.4, 0.5) is 24.5 Å². The molecule has 3 fully saturated rings. The molecule has 60 heavy (non-hydrogen) atoms. The molecule has 2 atom stereocenters. The maximum atomic E-state index is 13.5. The number of nitrogens with zero attached hydrogens (tertiary/aromatic N) is 5. The van der Waals surface area contributed by atoms with Crippen LogP contribution >= 0.6 is 0 Å². The van der Waals surface area contributed by atoms with Crippen molar-refractivity contribution in [1.82, 2.24) is 29.9 Å². The highest BCUT2D eigenvalue weighted by Crippen LogP contribution is 2.37. The Bertz CT molecular complexity index is 2330. The Labute approximate surface area is 344 Å². The molecule has 14 nitrogen and oxygen atoms in total. The van der Waals surface area contributed by atoms with Crippen molar-refractivity contribution >= 4 is 51.8 Å². The van der Waals surface area contributed by atoms with Crippen molar-refractivity contribution in [3.8, 4) is 5.75 Å². The van der Waals surface area contributed by atoms with E-state index in [1.165, 1.54) is 13.2 Å². The summed E-state index contributed by atoms with van der Waals surface area (Å²) >= 11 is 0. The van der Waals surface area contributed by atoms with E-state index < -0.39 is 47.4 Å². The lowest BCUT2D eigenvalue weighted by Crippen LogP contribution is -2.54. The SMILES string of the molecule is COc1cc2nn([C@H]3CC[C@H](CN4CCC([C@H](C)CNc5cccc6c5C(=O)N(C5CCC(=O)NC5=O)C6=O)CC4)CC3)cc2cc1NC(=O)c1cccc(C(F)(F)F)n1. The summed E-state index contributed by atoms with van der Waals surface area (Å²) in [5.41, 5.74) is 0.599. The molecular weight excluding hydrogens is 782 g/mol. The fourth-order valence-electron chi connectivity index (χ4n) is 9.19. The first-order valence-electron chi connectivity index (χ1n) is 20.5. The number of hydrogen-bond acceptors (Lipinski definition) is 10. The van der Waals surface area contributed by atoms with Gasteiger partial charge in [0.2, 0.25) is 11.8 Å². The average molecular weight is 829 g/mol. The van der Waals surface area contributed by atoms with Crippen molar-refractivity contribution in [3.63, 3.8) is 0 Å². The summed E-state index contributed by atoms with van der Waals surface area (Å²) < 4.78 is 47.0. The van der Waals surface area contributed by atoms with Crippen molar-refractivity contribution in [3.05, 3.63) is 77.2 Å². The van der Waals surface area contributed by atoms with E-state index in [9.17, 15) is 37.1 Å². The number of anilines is 2. The Morgan fingerprint density at radius 1 is 0.950 bits per heavy atom. The molecule has 1 aliphatic carbocycles. The normalized spacial score (nSPS) is 22.1. The highest BCUT2D eigenvalue weighted by atomic mass is 19.4. The molecule has 2 aromatic carbocycles. The molecule has 316 valence electrons. The summed E-state index contributed by atoms with van der Waals surface area (Å²) in [7, 11) is 1.45. The van der Waals surface area contributed by atoms with Gasteiger partial charge in [-0.05, 0) is 106 Å². The minimum Gasteiger partial charge on any atom is -0.494 e. The first-order valence-corrected chi connectivity index (χ1v) is 20.5. The molecule has 5 amide bonds. The van der Waals surface area contributed by atoms with E-state index in [1.807, 2.05) is 10.9 Å². The van der Waals surface area contributed by atoms with E-state index in [2.05, 4.69) is 32.8 Å². The van der Waals surface area contributed by atoms with Gasteiger partial charge in [-0.25, -0.2) is 4.98 Å². The number of rotatable bonds is 11. The Morgan fingerprint density at radius 3 is 2.42 bits per heavy atom. The fourth-order valence-corrected chi connectivity index (χ4v) is 9.19. The first kappa shape index (κ1) is 40.9. The molecule has 3 aliphatic heterocycles. The zero-order chi connectivity index (χ0) is 42.3. The number of carbonyl (C=O) groups is 5. The molecule has 1 unspecified atom stereocenters. The fraction of sp³-hybridized carbons (Fsp3) is 0.465. The van der Waals surface area contributed by atoms with Crippen molar-refractivity contribution in [2.24, 2.45) is 17.8 Å². The molecule has 4 aliphatic rings. The van der Waals surface area contributed by atoms with Gasteiger partial charge in [-0.2, -0.15) is 18.3 Å². The number of ether oxygens (including phenoxy) is 1. The van der Waals surface area contributed by atoms with Gasteiger partial charge in [0.1, 0.15) is 23.2 Å². The molecule has 0 bridgehead atoms. The summed E-state index contributed by atoms with van der Waals surface area (Å²) in [4.78, 5) is 70.9. The van der Waals surface area contributed by atoms with E-state index in [0.717, 1.165) is 80.6 Å². The lowest BCUT2D eigenvalue weighted by atomic mass is 9.83.